The minimum atomic E-state index is -1.19. The Morgan fingerprint density at radius 3 is 1.93 bits per heavy atom. The number of hydrogen-bond acceptors (Lipinski definition) is 6. The smallest absolute Gasteiger partial charge is 0.465 e. The number of anilines is 1. The molecule has 9 nitrogen and oxygen atoms in total. The third-order valence-electron chi connectivity index (χ3n) is 9.28. The van der Waals surface area contributed by atoms with Crippen molar-refractivity contribution in [3.8, 4) is 11.1 Å². The molecule has 2 amide bonds. The number of rotatable bonds is 11. The van der Waals surface area contributed by atoms with Crippen molar-refractivity contribution in [1.29, 1.82) is 0 Å². The Balaban J connectivity index is 1.25. The van der Waals surface area contributed by atoms with E-state index < -0.39 is 42.4 Å². The highest BCUT2D eigenvalue weighted by atomic mass is 16.7. The minimum absolute atomic E-state index is 0.110. The normalized spacial score (nSPS) is 17.7. The van der Waals surface area contributed by atoms with E-state index in [2.05, 4.69) is 10.6 Å². The van der Waals surface area contributed by atoms with Crippen LogP contribution in [0.3, 0.4) is 0 Å². The lowest BCUT2D eigenvalue weighted by atomic mass is 9.79. The summed E-state index contributed by atoms with van der Waals surface area (Å²) < 4.78 is 12.2. The Bertz CT molecular complexity index is 1500. The van der Waals surface area contributed by atoms with Crippen molar-refractivity contribution in [1.82, 2.24) is 10.2 Å². The third-order valence-corrected chi connectivity index (χ3v) is 9.28. The van der Waals surface area contributed by atoms with Gasteiger partial charge in [-0.15, -0.1) is 0 Å². The van der Waals surface area contributed by atoms with E-state index >= 15 is 0 Å². The summed E-state index contributed by atoms with van der Waals surface area (Å²) in [6, 6.07) is 21.6. The second-order valence-electron chi connectivity index (χ2n) is 13.2. The van der Waals surface area contributed by atoms with Crippen LogP contribution in [0.4, 0.5) is 10.5 Å². The van der Waals surface area contributed by atoms with Crippen molar-refractivity contribution in [3.63, 3.8) is 0 Å². The Morgan fingerprint density at radius 2 is 1.44 bits per heavy atom. The molecular formula is C35H42BN3O6. The Labute approximate surface area is 265 Å². The van der Waals surface area contributed by atoms with Crippen molar-refractivity contribution in [2.75, 3.05) is 18.4 Å². The topological polar surface area (TPSA) is 117 Å². The summed E-state index contributed by atoms with van der Waals surface area (Å²) in [5.74, 6) is -1.07. The molecule has 2 atom stereocenters. The zero-order chi connectivity index (χ0) is 32.5. The average Bonchev–Trinajstić information content (AvgIpc) is 3.43. The summed E-state index contributed by atoms with van der Waals surface area (Å²) in [7, 11) is -0.484. The van der Waals surface area contributed by atoms with Crippen molar-refractivity contribution >= 4 is 36.6 Å². The van der Waals surface area contributed by atoms with Crippen molar-refractivity contribution in [3.05, 3.63) is 83.9 Å². The average molecular weight is 612 g/mol. The van der Waals surface area contributed by atoms with Crippen LogP contribution < -0.4 is 16.1 Å². The van der Waals surface area contributed by atoms with Gasteiger partial charge in [0, 0.05) is 24.7 Å². The van der Waals surface area contributed by atoms with Crippen molar-refractivity contribution < 1.29 is 28.8 Å². The lowest BCUT2D eigenvalue weighted by Gasteiger charge is -2.34. The second-order valence-corrected chi connectivity index (χ2v) is 13.2. The molecule has 0 saturated carbocycles. The zero-order valence-corrected chi connectivity index (χ0v) is 26.7. The summed E-state index contributed by atoms with van der Waals surface area (Å²) in [6.07, 6.45) is -0.524. The van der Waals surface area contributed by atoms with Gasteiger partial charge in [-0.1, -0.05) is 74.5 Å². The first-order chi connectivity index (χ1) is 21.3. The summed E-state index contributed by atoms with van der Waals surface area (Å²) in [4.78, 5) is 39.6. The predicted molar refractivity (Wildman–Crippen MR) is 176 cm³/mol. The molecule has 0 spiro atoms. The van der Waals surface area contributed by atoms with Crippen LogP contribution >= 0.6 is 0 Å². The summed E-state index contributed by atoms with van der Waals surface area (Å²) >= 11 is 0. The molecule has 45 heavy (non-hydrogen) atoms. The number of carbonyl (C=O) groups excluding carboxylic acids is 2. The van der Waals surface area contributed by atoms with E-state index in [1.165, 1.54) is 4.90 Å². The van der Waals surface area contributed by atoms with Gasteiger partial charge in [0.2, 0.25) is 5.91 Å². The maximum absolute atomic E-state index is 13.6. The molecule has 5 rings (SSSR count). The first-order valence-corrected chi connectivity index (χ1v) is 15.5. The van der Waals surface area contributed by atoms with Gasteiger partial charge in [0.1, 0.15) is 18.4 Å². The molecule has 10 heteroatoms. The zero-order valence-electron chi connectivity index (χ0n) is 26.7. The molecule has 0 radical (unpaired) electrons. The molecule has 1 saturated heterocycles. The van der Waals surface area contributed by atoms with Gasteiger partial charge < -0.3 is 29.8 Å². The van der Waals surface area contributed by atoms with Gasteiger partial charge in [0.25, 0.3) is 0 Å². The molecule has 0 aromatic heterocycles. The number of hydrogen-bond donors (Lipinski definition) is 3. The number of nitrogens with one attached hydrogen (secondary N) is 2. The predicted octanol–water partition coefficient (Wildman–Crippen LogP) is 4.90. The van der Waals surface area contributed by atoms with Crippen LogP contribution in [-0.2, 0) is 18.9 Å². The first-order valence-electron chi connectivity index (χ1n) is 15.5. The fourth-order valence-electron chi connectivity index (χ4n) is 6.13. The van der Waals surface area contributed by atoms with Crippen molar-refractivity contribution in [2.45, 2.75) is 70.7 Å². The second kappa shape index (κ2) is 12.7. The van der Waals surface area contributed by atoms with Gasteiger partial charge in [0.15, 0.2) is 0 Å². The van der Waals surface area contributed by atoms with Gasteiger partial charge in [-0.05, 0) is 73.5 Å². The van der Waals surface area contributed by atoms with Gasteiger partial charge >= 0.3 is 13.2 Å². The Kier molecular flexibility index (Phi) is 9.10. The highest BCUT2D eigenvalue weighted by molar-refractivity contribution is 6.62. The molecule has 236 valence electrons. The van der Waals surface area contributed by atoms with Gasteiger partial charge in [-0.2, -0.15) is 0 Å². The van der Waals surface area contributed by atoms with Crippen molar-refractivity contribution in [2.24, 2.45) is 5.92 Å². The van der Waals surface area contributed by atoms with Crippen LogP contribution in [0.15, 0.2) is 72.8 Å². The van der Waals surface area contributed by atoms with Crippen LogP contribution in [0.1, 0.15) is 58.6 Å². The fraction of sp³-hybridized carbons (Fsp3) is 0.400. The van der Waals surface area contributed by atoms with Crippen LogP contribution in [0.2, 0.25) is 0 Å². The van der Waals surface area contributed by atoms with Gasteiger partial charge in [-0.3, -0.25) is 9.69 Å². The van der Waals surface area contributed by atoms with Gasteiger partial charge in [0.05, 0.1) is 11.2 Å². The molecule has 1 aliphatic heterocycles. The number of carbonyl (C=O) groups is 3. The summed E-state index contributed by atoms with van der Waals surface area (Å²) in [6.45, 7) is 11.9. The number of amides is 2. The summed E-state index contributed by atoms with van der Waals surface area (Å²) in [5.41, 5.74) is 4.96. The largest absolute Gasteiger partial charge is 0.494 e. The third kappa shape index (κ3) is 6.48. The highest BCUT2D eigenvalue weighted by Gasteiger charge is 2.51. The van der Waals surface area contributed by atoms with E-state index in [-0.39, 0.29) is 24.9 Å². The van der Waals surface area contributed by atoms with Crippen LogP contribution in [-0.4, -0.2) is 71.8 Å². The lowest BCUT2D eigenvalue weighted by molar-refractivity contribution is -0.129. The van der Waals surface area contributed by atoms with Gasteiger partial charge in [-0.25, -0.2) is 4.79 Å². The lowest BCUT2D eigenvalue weighted by Crippen LogP contribution is -2.56. The molecule has 1 aliphatic carbocycles. The maximum atomic E-state index is 13.6. The number of benzene rings is 3. The van der Waals surface area contributed by atoms with Crippen LogP contribution in [0, 0.1) is 5.92 Å². The fourth-order valence-corrected chi connectivity index (χ4v) is 6.13. The molecule has 3 N–H and O–H groups in total. The molecule has 3 aromatic carbocycles. The minimum Gasteiger partial charge on any atom is -0.465 e. The summed E-state index contributed by atoms with van der Waals surface area (Å²) in [5, 5.41) is 16.3. The molecule has 1 heterocycles. The molecule has 2 aliphatic rings. The van der Waals surface area contributed by atoms with E-state index in [9.17, 15) is 19.5 Å². The molecule has 3 aromatic rings. The molecule has 0 bridgehead atoms. The first kappa shape index (κ1) is 32.3. The SMILES string of the molecule is CC(C)[C@@H](C(=O)N[C@H](C=O)CNc1ccc(B2OC(C)(C)C(C)(C)O2)cc1)N(CC1c2ccccc2-c2ccccc21)C(=O)O. The number of aldehydes is 1. The Hall–Kier alpha value is -4.15. The molecule has 1 fully saturated rings. The highest BCUT2D eigenvalue weighted by Crippen LogP contribution is 2.45. The molecular weight excluding hydrogens is 569 g/mol. The maximum Gasteiger partial charge on any atom is 0.494 e. The van der Waals surface area contributed by atoms with E-state index in [1.54, 1.807) is 0 Å². The quantitative estimate of drug-likeness (QED) is 0.209. The van der Waals surface area contributed by atoms with Crippen LogP contribution in [0.25, 0.3) is 11.1 Å². The van der Waals surface area contributed by atoms with E-state index in [0.717, 1.165) is 33.4 Å². The van der Waals surface area contributed by atoms with E-state index in [0.29, 0.717) is 6.29 Å². The number of carboxylic acid groups (broad SMARTS) is 1. The van der Waals surface area contributed by atoms with E-state index in [4.69, 9.17) is 9.31 Å². The monoisotopic (exact) mass is 611 g/mol. The van der Waals surface area contributed by atoms with Crippen LogP contribution in [0.5, 0.6) is 0 Å². The number of fused-ring (bicyclic) bond motifs is 3. The number of nitrogens with zero attached hydrogens (tertiary/aromatic N) is 1. The standard InChI is InChI=1S/C35H42BN3O6/c1-22(2)31(39(33(42)43)20-30-28-13-9-7-11-26(28)27-12-8-10-14-29(27)30)32(41)38-25(21-40)19-37-24-17-15-23(16-18-24)36-44-34(3,4)35(5,6)45-36/h7-18,21-22,25,30-31,37H,19-20H2,1-6H3,(H,38,41)(H,42,43)/t25-,31-/m0/s1. The van der Waals surface area contributed by atoms with E-state index in [1.807, 2.05) is 114 Å². The molecule has 0 unspecified atom stereocenters. The Morgan fingerprint density at radius 1 is 0.911 bits per heavy atom.